The van der Waals surface area contributed by atoms with Crippen LogP contribution in [0.1, 0.15) is 12.8 Å². The van der Waals surface area contributed by atoms with E-state index in [-0.39, 0.29) is 6.42 Å². The van der Waals surface area contributed by atoms with Crippen LogP contribution in [-0.2, 0) is 11.3 Å². The fourth-order valence-electron chi connectivity index (χ4n) is 1.61. The zero-order chi connectivity index (χ0) is 11.5. The van der Waals surface area contributed by atoms with Crippen LogP contribution >= 0.6 is 0 Å². The number of hydrogen-bond donors (Lipinski definition) is 0. The van der Waals surface area contributed by atoms with Gasteiger partial charge in [0, 0.05) is 12.5 Å². The Kier molecular flexibility index (Phi) is 2.76. The van der Waals surface area contributed by atoms with Gasteiger partial charge in [0.1, 0.15) is 0 Å². The van der Waals surface area contributed by atoms with Crippen molar-refractivity contribution in [1.29, 1.82) is 0 Å². The van der Waals surface area contributed by atoms with Crippen LogP contribution in [0.3, 0.4) is 0 Å². The highest BCUT2D eigenvalue weighted by molar-refractivity contribution is 5.72. The molecule has 16 heavy (non-hydrogen) atoms. The Bertz CT molecular complexity index is 567. The topological polar surface area (TPSA) is 75.3 Å². The van der Waals surface area contributed by atoms with E-state index in [0.29, 0.717) is 24.1 Å². The summed E-state index contributed by atoms with van der Waals surface area (Å²) in [6, 6.07) is 7.04. The van der Waals surface area contributed by atoms with Crippen molar-refractivity contribution < 1.29 is 14.3 Å². The number of oxazole rings is 1. The molecule has 0 bridgehead atoms. The van der Waals surface area contributed by atoms with Gasteiger partial charge < -0.3 is 14.3 Å². The molecular formula is C11H10NO4-. The van der Waals surface area contributed by atoms with Crippen molar-refractivity contribution in [3.05, 3.63) is 34.8 Å². The first kappa shape index (κ1) is 10.5. The molecule has 0 N–H and O–H groups in total. The molecule has 0 aliphatic heterocycles. The smallest absolute Gasteiger partial charge is 0.419 e. The van der Waals surface area contributed by atoms with Crippen molar-refractivity contribution >= 4 is 17.1 Å². The molecule has 0 spiro atoms. The summed E-state index contributed by atoms with van der Waals surface area (Å²) in [6.07, 6.45) is 0.289. The molecular weight excluding hydrogens is 210 g/mol. The Balaban J connectivity index is 2.26. The van der Waals surface area contributed by atoms with E-state index in [2.05, 4.69) is 0 Å². The molecule has 84 valence electrons. The van der Waals surface area contributed by atoms with Gasteiger partial charge in [-0.05, 0) is 25.0 Å². The summed E-state index contributed by atoms with van der Waals surface area (Å²) in [7, 11) is 0. The number of fused-ring (bicyclic) bond motifs is 1. The fraction of sp³-hybridized carbons (Fsp3) is 0.273. The Hall–Kier alpha value is -2.04. The van der Waals surface area contributed by atoms with Crippen LogP contribution in [-0.4, -0.2) is 10.5 Å². The number of benzene rings is 1. The van der Waals surface area contributed by atoms with Gasteiger partial charge in [0.15, 0.2) is 5.58 Å². The van der Waals surface area contributed by atoms with E-state index >= 15 is 0 Å². The summed E-state index contributed by atoms with van der Waals surface area (Å²) >= 11 is 0. The number of aliphatic carboxylic acids is 1. The zero-order valence-electron chi connectivity index (χ0n) is 8.51. The lowest BCUT2D eigenvalue weighted by atomic mass is 10.3. The molecule has 1 aromatic heterocycles. The van der Waals surface area contributed by atoms with Crippen molar-refractivity contribution in [1.82, 2.24) is 4.57 Å². The van der Waals surface area contributed by atoms with Crippen molar-refractivity contribution in [2.75, 3.05) is 0 Å². The molecule has 1 aromatic carbocycles. The van der Waals surface area contributed by atoms with Crippen molar-refractivity contribution in [3.8, 4) is 0 Å². The van der Waals surface area contributed by atoms with Gasteiger partial charge in [0.2, 0.25) is 0 Å². The summed E-state index contributed by atoms with van der Waals surface area (Å²) in [5.41, 5.74) is 1.20. The van der Waals surface area contributed by atoms with E-state index in [1.807, 2.05) is 0 Å². The Labute approximate surface area is 90.9 Å². The number of rotatable bonds is 4. The molecule has 0 aliphatic carbocycles. The normalized spacial score (nSPS) is 10.8. The molecule has 5 heteroatoms. The first-order valence-electron chi connectivity index (χ1n) is 4.96. The van der Waals surface area contributed by atoms with Gasteiger partial charge in [-0.2, -0.15) is 0 Å². The third kappa shape index (κ3) is 1.98. The van der Waals surface area contributed by atoms with Crippen LogP contribution < -0.4 is 10.9 Å². The molecule has 0 aliphatic rings. The highest BCUT2D eigenvalue weighted by atomic mass is 16.4. The number of para-hydroxylation sites is 2. The third-order valence-corrected chi connectivity index (χ3v) is 2.34. The van der Waals surface area contributed by atoms with E-state index < -0.39 is 11.7 Å². The molecule has 1 heterocycles. The maximum Gasteiger partial charge on any atom is 0.419 e. The molecule has 0 unspecified atom stereocenters. The maximum absolute atomic E-state index is 11.4. The number of hydrogen-bond acceptors (Lipinski definition) is 4. The molecule has 5 nitrogen and oxygen atoms in total. The van der Waals surface area contributed by atoms with Gasteiger partial charge in [-0.15, -0.1) is 0 Å². The molecule has 0 amide bonds. The van der Waals surface area contributed by atoms with E-state index in [1.165, 1.54) is 4.57 Å². The predicted molar refractivity (Wildman–Crippen MR) is 54.7 cm³/mol. The molecule has 0 atom stereocenters. The van der Waals surface area contributed by atoms with E-state index in [1.54, 1.807) is 24.3 Å². The van der Waals surface area contributed by atoms with E-state index in [9.17, 15) is 14.7 Å². The number of carboxylic acid groups (broad SMARTS) is 1. The first-order valence-corrected chi connectivity index (χ1v) is 4.96. The number of aryl methyl sites for hydroxylation is 1. The highest BCUT2D eigenvalue weighted by Gasteiger charge is 2.07. The number of carbonyl (C=O) groups is 1. The standard InChI is InChI=1S/C11H11NO4/c13-10(14)6-3-7-12-8-4-1-2-5-9(8)16-11(12)15/h1-2,4-5H,3,6-7H2,(H,13,14)/p-1. The number of carbonyl (C=O) groups excluding carboxylic acids is 1. The van der Waals surface area contributed by atoms with Crippen LogP contribution in [0.4, 0.5) is 0 Å². The monoisotopic (exact) mass is 220 g/mol. The molecule has 2 rings (SSSR count). The van der Waals surface area contributed by atoms with Crippen LogP contribution in [0.15, 0.2) is 33.5 Å². The van der Waals surface area contributed by atoms with Crippen molar-refractivity contribution in [3.63, 3.8) is 0 Å². The van der Waals surface area contributed by atoms with Crippen LogP contribution in [0, 0.1) is 0 Å². The summed E-state index contributed by atoms with van der Waals surface area (Å²) in [4.78, 5) is 21.7. The van der Waals surface area contributed by atoms with Gasteiger partial charge in [-0.25, -0.2) is 4.79 Å². The second kappa shape index (κ2) is 4.22. The second-order valence-corrected chi connectivity index (χ2v) is 3.46. The number of nitrogens with zero attached hydrogens (tertiary/aromatic N) is 1. The van der Waals surface area contributed by atoms with Gasteiger partial charge in [-0.1, -0.05) is 12.1 Å². The molecule has 0 radical (unpaired) electrons. The van der Waals surface area contributed by atoms with Crippen molar-refractivity contribution in [2.45, 2.75) is 19.4 Å². The molecule has 0 saturated carbocycles. The lowest BCUT2D eigenvalue weighted by molar-refractivity contribution is -0.305. The number of aromatic nitrogens is 1. The third-order valence-electron chi connectivity index (χ3n) is 2.34. The number of carboxylic acids is 1. The minimum absolute atomic E-state index is 0.0635. The van der Waals surface area contributed by atoms with Crippen LogP contribution in [0.5, 0.6) is 0 Å². The van der Waals surface area contributed by atoms with Gasteiger partial charge in [0.05, 0.1) is 5.52 Å². The second-order valence-electron chi connectivity index (χ2n) is 3.46. The maximum atomic E-state index is 11.4. The molecule has 2 aromatic rings. The lowest BCUT2D eigenvalue weighted by Gasteiger charge is -2.02. The predicted octanol–water partition coefficient (Wildman–Crippen LogP) is 0.125. The SMILES string of the molecule is O=C([O-])CCCn1c(=O)oc2ccccc21. The van der Waals surface area contributed by atoms with Crippen LogP contribution in [0.2, 0.25) is 0 Å². The summed E-state index contributed by atoms with van der Waals surface area (Å²) in [5, 5.41) is 10.3. The summed E-state index contributed by atoms with van der Waals surface area (Å²) in [6.45, 7) is 0.323. The fourth-order valence-corrected chi connectivity index (χ4v) is 1.61. The Morgan fingerprint density at radius 1 is 1.38 bits per heavy atom. The average Bonchev–Trinajstić information content (AvgIpc) is 2.55. The molecule has 0 saturated heterocycles. The minimum atomic E-state index is -1.11. The lowest BCUT2D eigenvalue weighted by Crippen LogP contribution is -2.23. The van der Waals surface area contributed by atoms with Gasteiger partial charge >= 0.3 is 5.76 Å². The minimum Gasteiger partial charge on any atom is -0.550 e. The summed E-state index contributed by atoms with van der Waals surface area (Å²) in [5.74, 6) is -1.57. The highest BCUT2D eigenvalue weighted by Crippen LogP contribution is 2.12. The average molecular weight is 220 g/mol. The zero-order valence-corrected chi connectivity index (χ0v) is 8.51. The largest absolute Gasteiger partial charge is 0.550 e. The Morgan fingerprint density at radius 3 is 2.88 bits per heavy atom. The van der Waals surface area contributed by atoms with Gasteiger partial charge in [0.25, 0.3) is 0 Å². The Morgan fingerprint density at radius 2 is 2.12 bits per heavy atom. The van der Waals surface area contributed by atoms with Crippen LogP contribution in [0.25, 0.3) is 11.1 Å². The van der Waals surface area contributed by atoms with Gasteiger partial charge in [-0.3, -0.25) is 4.57 Å². The molecule has 0 fully saturated rings. The quantitative estimate of drug-likeness (QED) is 0.733. The van der Waals surface area contributed by atoms with Crippen molar-refractivity contribution in [2.24, 2.45) is 0 Å². The first-order chi connectivity index (χ1) is 7.68. The van der Waals surface area contributed by atoms with E-state index in [0.717, 1.165) is 0 Å². The van der Waals surface area contributed by atoms with E-state index in [4.69, 9.17) is 4.42 Å². The summed E-state index contributed by atoms with van der Waals surface area (Å²) < 4.78 is 6.43.